The van der Waals surface area contributed by atoms with Crippen LogP contribution in [0.15, 0.2) is 36.4 Å². The number of hydrogen-bond donors (Lipinski definition) is 3. The zero-order valence-corrected chi connectivity index (χ0v) is 21.0. The Morgan fingerprint density at radius 3 is 2.32 bits per heavy atom. The smallest absolute Gasteiger partial charge is 0.217 e. The molecule has 182 valence electrons. The molecule has 0 aliphatic carbocycles. The second-order valence-electron chi connectivity index (χ2n) is 8.34. The van der Waals surface area contributed by atoms with E-state index < -0.39 is 12.0 Å². The van der Waals surface area contributed by atoms with Crippen molar-refractivity contribution >= 4 is 50.9 Å². The SMILES string of the molecule is COc1ccc2cc([C@@H](C)C(=O)SC[C@@H](NC(C)=O)C(=O)CC(=N)CC(=N)N(C)C)ccc2c1. The number of methoxy groups -OCH3 is 1. The summed E-state index contributed by atoms with van der Waals surface area (Å²) in [7, 11) is 5.02. The van der Waals surface area contributed by atoms with Crippen molar-refractivity contribution in [3.63, 3.8) is 0 Å². The molecule has 2 aromatic carbocycles. The average Bonchev–Trinajstić information content (AvgIpc) is 2.79. The van der Waals surface area contributed by atoms with Crippen molar-refractivity contribution in [3.05, 3.63) is 42.0 Å². The van der Waals surface area contributed by atoms with Crippen molar-refractivity contribution in [3.8, 4) is 5.75 Å². The van der Waals surface area contributed by atoms with E-state index in [1.54, 1.807) is 26.1 Å². The molecule has 2 rings (SSSR count). The standard InChI is InChI=1S/C25H32N4O4S/c1-15(17-6-7-19-11-21(33-5)9-8-18(19)10-17)25(32)34-14-22(28-16(2)30)23(31)12-20(26)13-24(27)29(3)4/h6-11,15,22,26-27H,12-14H2,1-5H3,(H,28,30)/t15-,22-/m1/s1. The van der Waals surface area contributed by atoms with Gasteiger partial charge in [0.1, 0.15) is 11.6 Å². The molecule has 0 aliphatic rings. The van der Waals surface area contributed by atoms with Crippen molar-refractivity contribution < 1.29 is 19.1 Å². The first-order valence-corrected chi connectivity index (χ1v) is 11.9. The van der Waals surface area contributed by atoms with Crippen LogP contribution in [0.2, 0.25) is 0 Å². The predicted molar refractivity (Wildman–Crippen MR) is 137 cm³/mol. The van der Waals surface area contributed by atoms with E-state index in [1.807, 2.05) is 43.3 Å². The quantitative estimate of drug-likeness (QED) is 0.331. The maximum absolute atomic E-state index is 12.9. The lowest BCUT2D eigenvalue weighted by Gasteiger charge is -2.19. The summed E-state index contributed by atoms with van der Waals surface area (Å²) in [4.78, 5) is 38.8. The topological polar surface area (TPSA) is 123 Å². The van der Waals surface area contributed by atoms with Gasteiger partial charge in [-0.1, -0.05) is 43.0 Å². The number of amides is 1. The first kappa shape index (κ1) is 27.0. The zero-order chi connectivity index (χ0) is 25.4. The third-order valence-electron chi connectivity index (χ3n) is 5.39. The summed E-state index contributed by atoms with van der Waals surface area (Å²) in [6.45, 7) is 3.13. The minimum atomic E-state index is -0.878. The lowest BCUT2D eigenvalue weighted by Crippen LogP contribution is -2.42. The summed E-state index contributed by atoms with van der Waals surface area (Å²) in [5.41, 5.74) is 0.957. The molecule has 0 spiro atoms. The van der Waals surface area contributed by atoms with Crippen LogP contribution < -0.4 is 10.1 Å². The number of Topliss-reactive ketones (excluding diaryl/α,β-unsaturated/α-hetero) is 1. The number of fused-ring (bicyclic) bond motifs is 1. The van der Waals surface area contributed by atoms with Gasteiger partial charge in [-0.25, -0.2) is 0 Å². The number of benzene rings is 2. The van der Waals surface area contributed by atoms with Crippen molar-refractivity contribution in [2.75, 3.05) is 27.0 Å². The molecule has 0 aliphatic heterocycles. The monoisotopic (exact) mass is 484 g/mol. The highest BCUT2D eigenvalue weighted by atomic mass is 32.2. The summed E-state index contributed by atoms with van der Waals surface area (Å²) in [6, 6.07) is 10.7. The van der Waals surface area contributed by atoms with Gasteiger partial charge in [0.15, 0.2) is 10.9 Å². The normalized spacial score (nSPS) is 12.5. The van der Waals surface area contributed by atoms with Crippen LogP contribution in [0.5, 0.6) is 5.75 Å². The van der Waals surface area contributed by atoms with E-state index in [0.29, 0.717) is 0 Å². The van der Waals surface area contributed by atoms with E-state index in [2.05, 4.69) is 5.32 Å². The van der Waals surface area contributed by atoms with Gasteiger partial charge in [-0.15, -0.1) is 0 Å². The number of ether oxygens (including phenoxy) is 1. The Morgan fingerprint density at radius 1 is 1.06 bits per heavy atom. The number of thioether (sulfide) groups is 1. The first-order valence-electron chi connectivity index (χ1n) is 10.9. The van der Waals surface area contributed by atoms with Gasteiger partial charge in [0.2, 0.25) is 5.91 Å². The molecule has 1 amide bonds. The van der Waals surface area contributed by atoms with Gasteiger partial charge in [-0.2, -0.15) is 0 Å². The molecule has 0 bridgehead atoms. The Bertz CT molecular complexity index is 1100. The van der Waals surface area contributed by atoms with Gasteiger partial charge in [-0.05, 0) is 28.5 Å². The number of carbonyl (C=O) groups excluding carboxylic acids is 3. The van der Waals surface area contributed by atoms with Crippen molar-refractivity contribution in [2.45, 2.75) is 38.6 Å². The molecule has 0 saturated heterocycles. The summed E-state index contributed by atoms with van der Waals surface area (Å²) >= 11 is 1.000. The maximum Gasteiger partial charge on any atom is 0.217 e. The van der Waals surface area contributed by atoms with Crippen molar-refractivity contribution in [1.29, 1.82) is 10.8 Å². The highest BCUT2D eigenvalue weighted by molar-refractivity contribution is 8.13. The summed E-state index contributed by atoms with van der Waals surface area (Å²) in [5, 5.41) is 20.3. The zero-order valence-electron chi connectivity index (χ0n) is 20.2. The van der Waals surface area contributed by atoms with Gasteiger partial charge in [0.05, 0.1) is 19.1 Å². The van der Waals surface area contributed by atoms with Crippen LogP contribution in [0.1, 0.15) is 38.2 Å². The third kappa shape index (κ3) is 7.69. The lowest BCUT2D eigenvalue weighted by molar-refractivity contribution is -0.125. The van der Waals surface area contributed by atoms with Gasteiger partial charge < -0.3 is 20.4 Å². The minimum absolute atomic E-state index is 0.0580. The van der Waals surface area contributed by atoms with Crippen LogP contribution in [0.4, 0.5) is 0 Å². The average molecular weight is 485 g/mol. The number of ketones is 1. The van der Waals surface area contributed by atoms with E-state index in [9.17, 15) is 14.4 Å². The minimum Gasteiger partial charge on any atom is -0.497 e. The number of hydrogen-bond acceptors (Lipinski definition) is 7. The molecular weight excluding hydrogens is 452 g/mol. The van der Waals surface area contributed by atoms with Crippen LogP contribution >= 0.6 is 11.8 Å². The van der Waals surface area contributed by atoms with E-state index in [1.165, 1.54) is 6.92 Å². The molecule has 2 atom stereocenters. The number of nitrogens with zero attached hydrogens (tertiary/aromatic N) is 1. The number of carbonyl (C=O) groups is 3. The third-order valence-corrected chi connectivity index (χ3v) is 6.53. The van der Waals surface area contributed by atoms with Crippen LogP contribution in [0.3, 0.4) is 0 Å². The summed E-state index contributed by atoms with van der Waals surface area (Å²) in [6.07, 6.45) is -0.123. The largest absolute Gasteiger partial charge is 0.497 e. The Hall–Kier alpha value is -3.20. The molecule has 0 saturated carbocycles. The Labute approximate surface area is 204 Å². The molecule has 8 nitrogen and oxygen atoms in total. The maximum atomic E-state index is 12.9. The number of nitrogens with one attached hydrogen (secondary N) is 3. The van der Waals surface area contributed by atoms with Crippen LogP contribution in [-0.4, -0.2) is 66.3 Å². The summed E-state index contributed by atoms with van der Waals surface area (Å²) < 4.78 is 5.25. The van der Waals surface area contributed by atoms with Gasteiger partial charge in [0, 0.05) is 45.3 Å². The highest BCUT2D eigenvalue weighted by Crippen LogP contribution is 2.28. The number of amidine groups is 1. The predicted octanol–water partition coefficient (Wildman–Crippen LogP) is 3.62. The molecule has 0 fully saturated rings. The fourth-order valence-electron chi connectivity index (χ4n) is 3.28. The highest BCUT2D eigenvalue weighted by Gasteiger charge is 2.24. The molecule has 0 heterocycles. The molecule has 0 aromatic heterocycles. The molecule has 0 unspecified atom stereocenters. The second-order valence-corrected chi connectivity index (χ2v) is 9.37. The van der Waals surface area contributed by atoms with Gasteiger partial charge in [0.25, 0.3) is 0 Å². The molecular formula is C25H32N4O4S. The van der Waals surface area contributed by atoms with Crippen LogP contribution in [0, 0.1) is 10.8 Å². The Morgan fingerprint density at radius 2 is 1.71 bits per heavy atom. The Kier molecular flexibility index (Phi) is 9.80. The van der Waals surface area contributed by atoms with E-state index in [-0.39, 0.29) is 46.9 Å². The Balaban J connectivity index is 2.03. The number of rotatable bonds is 11. The lowest BCUT2D eigenvalue weighted by atomic mass is 9.99. The molecule has 2 aromatic rings. The fraction of sp³-hybridized carbons (Fsp3) is 0.400. The molecule has 3 N–H and O–H groups in total. The van der Waals surface area contributed by atoms with Crippen LogP contribution in [0.25, 0.3) is 10.8 Å². The fourth-order valence-corrected chi connectivity index (χ4v) is 4.27. The van der Waals surface area contributed by atoms with Gasteiger partial charge in [-0.3, -0.25) is 19.8 Å². The van der Waals surface area contributed by atoms with E-state index >= 15 is 0 Å². The van der Waals surface area contributed by atoms with Gasteiger partial charge >= 0.3 is 0 Å². The molecule has 0 radical (unpaired) electrons. The van der Waals surface area contributed by atoms with Crippen LogP contribution in [-0.2, 0) is 14.4 Å². The summed E-state index contributed by atoms with van der Waals surface area (Å²) in [5.74, 6) is -0.0498. The second kappa shape index (κ2) is 12.3. The molecule has 9 heteroatoms. The van der Waals surface area contributed by atoms with E-state index in [0.717, 1.165) is 33.8 Å². The molecule has 34 heavy (non-hydrogen) atoms. The first-order chi connectivity index (χ1) is 16.0. The van der Waals surface area contributed by atoms with Crippen molar-refractivity contribution in [1.82, 2.24) is 10.2 Å². The van der Waals surface area contributed by atoms with Crippen molar-refractivity contribution in [2.24, 2.45) is 0 Å². The van der Waals surface area contributed by atoms with E-state index in [4.69, 9.17) is 15.6 Å².